The van der Waals surface area contributed by atoms with Gasteiger partial charge in [-0.1, -0.05) is 51.1 Å². The Labute approximate surface area is 179 Å². The molecule has 30 heavy (non-hydrogen) atoms. The van der Waals surface area contributed by atoms with Crippen molar-refractivity contribution in [3.05, 3.63) is 34.9 Å². The zero-order valence-electron chi connectivity index (χ0n) is 18.6. The minimum absolute atomic E-state index is 0.227. The minimum atomic E-state index is -0.282. The van der Waals surface area contributed by atoms with Crippen LogP contribution in [-0.2, 0) is 4.84 Å². The highest BCUT2D eigenvalue weighted by Crippen LogP contribution is 2.38. The first-order chi connectivity index (χ1) is 14.6. The van der Waals surface area contributed by atoms with E-state index < -0.39 is 0 Å². The average molecular weight is 416 g/mol. The van der Waals surface area contributed by atoms with Gasteiger partial charge in [0, 0.05) is 5.56 Å². The van der Waals surface area contributed by atoms with Crippen molar-refractivity contribution in [1.29, 1.82) is 0 Å². The maximum Gasteiger partial charge on any atom is 0.190 e. The van der Waals surface area contributed by atoms with Crippen LogP contribution in [0.3, 0.4) is 0 Å². The number of ketones is 2. The molecule has 0 fully saturated rings. The molecule has 0 atom stereocenters. The maximum absolute atomic E-state index is 12.6. The SMILES string of the molecule is CCCCCCCC/C(=N\OCCC)c1cc(OC)c2c(c1OC)C(=O)C=CC2=O. The van der Waals surface area contributed by atoms with E-state index in [1.54, 1.807) is 6.07 Å². The Kier molecular flexibility index (Phi) is 9.58. The molecule has 0 N–H and O–H groups in total. The van der Waals surface area contributed by atoms with Crippen LogP contribution in [0.2, 0.25) is 0 Å². The summed E-state index contributed by atoms with van der Waals surface area (Å²) in [7, 11) is 2.98. The van der Waals surface area contributed by atoms with Gasteiger partial charge in [-0.2, -0.15) is 0 Å². The van der Waals surface area contributed by atoms with Crippen LogP contribution >= 0.6 is 0 Å². The molecule has 0 amide bonds. The van der Waals surface area contributed by atoms with Gasteiger partial charge in [0.05, 0.1) is 31.1 Å². The van der Waals surface area contributed by atoms with Crippen molar-refractivity contribution in [3.63, 3.8) is 0 Å². The van der Waals surface area contributed by atoms with Gasteiger partial charge in [0.15, 0.2) is 11.6 Å². The van der Waals surface area contributed by atoms with E-state index in [0.29, 0.717) is 35.8 Å². The molecule has 6 heteroatoms. The van der Waals surface area contributed by atoms with Crippen molar-refractivity contribution < 1.29 is 23.9 Å². The Hall–Kier alpha value is -2.63. The number of methoxy groups -OCH3 is 2. The minimum Gasteiger partial charge on any atom is -0.496 e. The summed E-state index contributed by atoms with van der Waals surface area (Å²) >= 11 is 0. The number of allylic oxidation sites excluding steroid dienone is 2. The number of carbonyl (C=O) groups excluding carboxylic acids is 2. The number of benzene rings is 1. The number of hydrogen-bond donors (Lipinski definition) is 0. The molecule has 0 saturated heterocycles. The molecule has 1 aliphatic rings. The fourth-order valence-electron chi connectivity index (χ4n) is 3.54. The fraction of sp³-hybridized carbons (Fsp3) is 0.542. The topological polar surface area (TPSA) is 74.2 Å². The predicted octanol–water partition coefficient (Wildman–Crippen LogP) is 5.52. The normalized spacial score (nSPS) is 13.4. The fourth-order valence-corrected chi connectivity index (χ4v) is 3.54. The van der Waals surface area contributed by atoms with Gasteiger partial charge in [0.1, 0.15) is 18.1 Å². The van der Waals surface area contributed by atoms with E-state index >= 15 is 0 Å². The summed E-state index contributed by atoms with van der Waals surface area (Å²) in [6.45, 7) is 4.72. The third-order valence-corrected chi connectivity index (χ3v) is 5.09. The monoisotopic (exact) mass is 415 g/mol. The molecule has 164 valence electrons. The molecule has 0 radical (unpaired) electrons. The summed E-state index contributed by atoms with van der Waals surface area (Å²) in [6.07, 6.45) is 11.0. The first kappa shape index (κ1) is 23.6. The second-order valence-corrected chi connectivity index (χ2v) is 7.36. The number of carbonyl (C=O) groups is 2. The molecular weight excluding hydrogens is 382 g/mol. The summed E-state index contributed by atoms with van der Waals surface area (Å²) in [5, 5.41) is 4.36. The molecule has 0 heterocycles. The number of ether oxygens (including phenoxy) is 2. The molecule has 0 bridgehead atoms. The molecule has 2 rings (SSSR count). The van der Waals surface area contributed by atoms with Gasteiger partial charge < -0.3 is 14.3 Å². The molecule has 0 unspecified atom stereocenters. The Bertz CT molecular complexity index is 810. The molecule has 1 aliphatic carbocycles. The maximum atomic E-state index is 12.6. The molecule has 0 saturated carbocycles. The van der Waals surface area contributed by atoms with E-state index in [2.05, 4.69) is 12.1 Å². The highest BCUT2D eigenvalue weighted by molar-refractivity contribution is 6.25. The van der Waals surface area contributed by atoms with E-state index in [0.717, 1.165) is 19.3 Å². The average Bonchev–Trinajstić information content (AvgIpc) is 2.76. The third kappa shape index (κ3) is 5.71. The second kappa shape index (κ2) is 12.2. The van der Waals surface area contributed by atoms with Crippen LogP contribution in [0.5, 0.6) is 11.5 Å². The number of rotatable bonds is 13. The van der Waals surface area contributed by atoms with E-state index in [-0.39, 0.29) is 22.7 Å². The molecular formula is C24H33NO5. The smallest absolute Gasteiger partial charge is 0.190 e. The van der Waals surface area contributed by atoms with E-state index in [4.69, 9.17) is 14.3 Å². The summed E-state index contributed by atoms with van der Waals surface area (Å²) in [5.74, 6) is 0.130. The van der Waals surface area contributed by atoms with Gasteiger partial charge in [0.2, 0.25) is 0 Å². The first-order valence-corrected chi connectivity index (χ1v) is 10.8. The van der Waals surface area contributed by atoms with Crippen LogP contribution in [0.1, 0.15) is 91.5 Å². The third-order valence-electron chi connectivity index (χ3n) is 5.09. The van der Waals surface area contributed by atoms with Crippen LogP contribution in [-0.4, -0.2) is 38.1 Å². The second-order valence-electron chi connectivity index (χ2n) is 7.36. The van der Waals surface area contributed by atoms with Crippen LogP contribution < -0.4 is 9.47 Å². The first-order valence-electron chi connectivity index (χ1n) is 10.8. The van der Waals surface area contributed by atoms with Crippen molar-refractivity contribution >= 4 is 17.3 Å². The summed E-state index contributed by atoms with van der Waals surface area (Å²) < 4.78 is 11.1. The lowest BCUT2D eigenvalue weighted by Gasteiger charge is -2.20. The molecule has 1 aromatic carbocycles. The van der Waals surface area contributed by atoms with Gasteiger partial charge in [-0.05, 0) is 37.5 Å². The van der Waals surface area contributed by atoms with Gasteiger partial charge in [-0.25, -0.2) is 0 Å². The highest BCUT2D eigenvalue weighted by Gasteiger charge is 2.31. The number of oxime groups is 1. The van der Waals surface area contributed by atoms with E-state index in [9.17, 15) is 9.59 Å². The van der Waals surface area contributed by atoms with Gasteiger partial charge in [0.25, 0.3) is 0 Å². The van der Waals surface area contributed by atoms with Crippen molar-refractivity contribution in [2.24, 2.45) is 5.16 Å². The van der Waals surface area contributed by atoms with Gasteiger partial charge in [-0.3, -0.25) is 9.59 Å². The van der Waals surface area contributed by atoms with Crippen LogP contribution in [0.25, 0.3) is 0 Å². The predicted molar refractivity (Wildman–Crippen MR) is 118 cm³/mol. The quantitative estimate of drug-likeness (QED) is 0.241. The van der Waals surface area contributed by atoms with Crippen molar-refractivity contribution in [1.82, 2.24) is 0 Å². The van der Waals surface area contributed by atoms with Crippen molar-refractivity contribution in [3.8, 4) is 11.5 Å². The highest BCUT2D eigenvalue weighted by atomic mass is 16.6. The van der Waals surface area contributed by atoms with Crippen molar-refractivity contribution in [2.75, 3.05) is 20.8 Å². The Balaban J connectivity index is 2.42. The van der Waals surface area contributed by atoms with Gasteiger partial charge in [-0.15, -0.1) is 0 Å². The lowest BCUT2D eigenvalue weighted by molar-refractivity contribution is 0.0989. The standard InChI is InChI=1S/C24H33NO5/c1-5-7-8-9-10-11-12-18(25-30-15-6-2)17-16-21(28-3)22-19(26)13-14-20(27)23(22)24(17)29-4/h13-14,16H,5-12,15H2,1-4H3/b25-18+. The van der Waals surface area contributed by atoms with Crippen molar-refractivity contribution in [2.45, 2.75) is 65.2 Å². The zero-order valence-corrected chi connectivity index (χ0v) is 18.6. The van der Waals surface area contributed by atoms with Crippen LogP contribution in [0.4, 0.5) is 0 Å². The number of fused-ring (bicyclic) bond motifs is 1. The van der Waals surface area contributed by atoms with E-state index in [1.165, 1.54) is 52.1 Å². The van der Waals surface area contributed by atoms with Gasteiger partial charge >= 0.3 is 0 Å². The number of unbranched alkanes of at least 4 members (excludes halogenated alkanes) is 5. The molecule has 1 aromatic rings. The largest absolute Gasteiger partial charge is 0.496 e. The molecule has 0 spiro atoms. The van der Waals surface area contributed by atoms with Crippen LogP contribution in [0.15, 0.2) is 23.4 Å². The van der Waals surface area contributed by atoms with Crippen LogP contribution in [0, 0.1) is 0 Å². The lowest BCUT2D eigenvalue weighted by Crippen LogP contribution is -2.18. The molecule has 0 aromatic heterocycles. The molecule has 6 nitrogen and oxygen atoms in total. The Morgan fingerprint density at radius 2 is 1.53 bits per heavy atom. The summed E-state index contributed by atoms with van der Waals surface area (Å²) in [5.41, 5.74) is 1.80. The summed E-state index contributed by atoms with van der Waals surface area (Å²) in [4.78, 5) is 30.6. The Morgan fingerprint density at radius 3 is 2.17 bits per heavy atom. The Morgan fingerprint density at radius 1 is 0.867 bits per heavy atom. The summed E-state index contributed by atoms with van der Waals surface area (Å²) in [6, 6.07) is 1.73. The zero-order chi connectivity index (χ0) is 21.9. The number of hydrogen-bond acceptors (Lipinski definition) is 6. The molecule has 0 aliphatic heterocycles. The number of nitrogens with zero attached hydrogens (tertiary/aromatic N) is 1. The lowest BCUT2D eigenvalue weighted by atomic mass is 9.88. The van der Waals surface area contributed by atoms with E-state index in [1.807, 2.05) is 6.92 Å².